The number of nitrogens with one attached hydrogen (secondary N) is 1. The molecule has 0 aliphatic heterocycles. The highest BCUT2D eigenvalue weighted by Gasteiger charge is 2.24. The number of pyridine rings is 1. The van der Waals surface area contributed by atoms with Gasteiger partial charge in [0.25, 0.3) is 5.91 Å². The third-order valence-electron chi connectivity index (χ3n) is 4.54. The van der Waals surface area contributed by atoms with Crippen LogP contribution in [0.3, 0.4) is 0 Å². The highest BCUT2D eigenvalue weighted by Crippen LogP contribution is 2.25. The molecule has 25 heavy (non-hydrogen) atoms. The van der Waals surface area contributed by atoms with Crippen molar-refractivity contribution in [3.8, 4) is 5.75 Å². The lowest BCUT2D eigenvalue weighted by Gasteiger charge is -2.28. The maximum Gasteiger partial charge on any atom is 0.257 e. The van der Waals surface area contributed by atoms with Crippen LogP contribution >= 0.6 is 0 Å². The summed E-state index contributed by atoms with van der Waals surface area (Å²) >= 11 is 0. The Labute approximate surface area is 148 Å². The normalized spacial score (nSPS) is 20.1. The number of anilines is 1. The lowest BCUT2D eigenvalue weighted by atomic mass is 9.95. The zero-order valence-corrected chi connectivity index (χ0v) is 14.7. The van der Waals surface area contributed by atoms with Gasteiger partial charge in [0.2, 0.25) is 0 Å². The average Bonchev–Trinajstić information content (AvgIpc) is 2.58. The van der Waals surface area contributed by atoms with Crippen molar-refractivity contribution >= 4 is 11.6 Å². The van der Waals surface area contributed by atoms with Crippen LogP contribution in [-0.4, -0.2) is 28.2 Å². The fourth-order valence-electron chi connectivity index (χ4n) is 3.13. The monoisotopic (exact) mass is 340 g/mol. The molecule has 0 bridgehead atoms. The lowest BCUT2D eigenvalue weighted by Crippen LogP contribution is -2.34. The van der Waals surface area contributed by atoms with Crippen LogP contribution in [0.25, 0.3) is 0 Å². The third kappa shape index (κ3) is 4.37. The summed E-state index contributed by atoms with van der Waals surface area (Å²) in [6, 6.07) is 10.9. The number of carbonyl (C=O) groups is 1. The van der Waals surface area contributed by atoms with E-state index in [0.717, 1.165) is 31.4 Å². The summed E-state index contributed by atoms with van der Waals surface area (Å²) in [4.78, 5) is 16.7. The second kappa shape index (κ2) is 7.66. The summed E-state index contributed by atoms with van der Waals surface area (Å²) in [5, 5.41) is 12.9. The predicted octanol–water partition coefficient (Wildman–Crippen LogP) is 3.63. The predicted molar refractivity (Wildman–Crippen MR) is 97.0 cm³/mol. The van der Waals surface area contributed by atoms with Crippen molar-refractivity contribution < 1.29 is 14.6 Å². The van der Waals surface area contributed by atoms with Crippen molar-refractivity contribution in [2.24, 2.45) is 0 Å². The van der Waals surface area contributed by atoms with Crippen LogP contribution in [0.5, 0.6) is 5.75 Å². The molecule has 1 aliphatic carbocycles. The SMILES string of the molecule is Cc1ccc(C(=O)Nc2ccc(OC3CCCCC3O)cc2)c(C)n1. The maximum atomic E-state index is 12.4. The van der Waals surface area contributed by atoms with Gasteiger partial charge in [0.15, 0.2) is 0 Å². The number of aliphatic hydroxyl groups excluding tert-OH is 1. The molecule has 1 aliphatic rings. The number of rotatable bonds is 4. The van der Waals surface area contributed by atoms with E-state index < -0.39 is 6.10 Å². The van der Waals surface area contributed by atoms with Crippen LogP contribution in [0.1, 0.15) is 47.4 Å². The van der Waals surface area contributed by atoms with E-state index >= 15 is 0 Å². The van der Waals surface area contributed by atoms with Gasteiger partial charge in [-0.05, 0) is 69.5 Å². The van der Waals surface area contributed by atoms with Crippen molar-refractivity contribution in [3.63, 3.8) is 0 Å². The van der Waals surface area contributed by atoms with E-state index in [-0.39, 0.29) is 12.0 Å². The summed E-state index contributed by atoms with van der Waals surface area (Å²) in [5.74, 6) is 0.526. The second-order valence-electron chi connectivity index (χ2n) is 6.57. The Morgan fingerprint density at radius 3 is 2.52 bits per heavy atom. The number of hydrogen-bond donors (Lipinski definition) is 2. The highest BCUT2D eigenvalue weighted by molar-refractivity contribution is 6.05. The van der Waals surface area contributed by atoms with Gasteiger partial charge in [-0.25, -0.2) is 0 Å². The molecule has 0 saturated heterocycles. The van der Waals surface area contributed by atoms with E-state index in [1.54, 1.807) is 18.2 Å². The van der Waals surface area contributed by atoms with Gasteiger partial charge in [-0.3, -0.25) is 9.78 Å². The van der Waals surface area contributed by atoms with Gasteiger partial charge in [-0.1, -0.05) is 6.42 Å². The zero-order chi connectivity index (χ0) is 17.8. The van der Waals surface area contributed by atoms with E-state index in [0.29, 0.717) is 22.7 Å². The molecule has 1 aromatic carbocycles. The Bertz CT molecular complexity index is 743. The van der Waals surface area contributed by atoms with Crippen LogP contribution in [0.2, 0.25) is 0 Å². The minimum atomic E-state index is -0.398. The first-order chi connectivity index (χ1) is 12.0. The Balaban J connectivity index is 1.63. The minimum absolute atomic E-state index is 0.143. The van der Waals surface area contributed by atoms with E-state index in [1.807, 2.05) is 32.0 Å². The molecule has 1 fully saturated rings. The zero-order valence-electron chi connectivity index (χ0n) is 14.7. The highest BCUT2D eigenvalue weighted by atomic mass is 16.5. The van der Waals surface area contributed by atoms with Crippen molar-refractivity contribution in [2.45, 2.75) is 51.7 Å². The maximum absolute atomic E-state index is 12.4. The molecule has 1 saturated carbocycles. The van der Waals surface area contributed by atoms with Gasteiger partial charge < -0.3 is 15.2 Å². The molecule has 2 aromatic rings. The van der Waals surface area contributed by atoms with Crippen molar-refractivity contribution in [3.05, 3.63) is 53.3 Å². The fourth-order valence-corrected chi connectivity index (χ4v) is 3.13. The fraction of sp³-hybridized carbons (Fsp3) is 0.400. The van der Waals surface area contributed by atoms with Crippen molar-refractivity contribution in [1.82, 2.24) is 4.98 Å². The van der Waals surface area contributed by atoms with E-state index in [9.17, 15) is 9.90 Å². The molecular weight excluding hydrogens is 316 g/mol. The molecule has 1 aromatic heterocycles. The first-order valence-corrected chi connectivity index (χ1v) is 8.73. The Morgan fingerprint density at radius 2 is 1.84 bits per heavy atom. The number of carbonyl (C=O) groups excluding carboxylic acids is 1. The van der Waals surface area contributed by atoms with E-state index in [1.165, 1.54) is 0 Å². The molecule has 0 radical (unpaired) electrons. The Kier molecular flexibility index (Phi) is 5.34. The average molecular weight is 340 g/mol. The molecule has 1 heterocycles. The smallest absolute Gasteiger partial charge is 0.257 e. The number of benzene rings is 1. The quantitative estimate of drug-likeness (QED) is 0.891. The van der Waals surface area contributed by atoms with Crippen LogP contribution in [0.4, 0.5) is 5.69 Å². The Hall–Kier alpha value is -2.40. The molecule has 2 unspecified atom stereocenters. The molecule has 2 atom stereocenters. The summed E-state index contributed by atoms with van der Waals surface area (Å²) < 4.78 is 5.87. The summed E-state index contributed by atoms with van der Waals surface area (Å²) in [7, 11) is 0. The number of nitrogens with zero attached hydrogens (tertiary/aromatic N) is 1. The van der Waals surface area contributed by atoms with Gasteiger partial charge in [0.1, 0.15) is 11.9 Å². The van der Waals surface area contributed by atoms with Crippen LogP contribution < -0.4 is 10.1 Å². The topological polar surface area (TPSA) is 71.5 Å². The number of hydrogen-bond acceptors (Lipinski definition) is 4. The number of amides is 1. The number of aryl methyl sites for hydroxylation is 2. The van der Waals surface area contributed by atoms with Gasteiger partial charge in [0, 0.05) is 11.4 Å². The van der Waals surface area contributed by atoms with Gasteiger partial charge >= 0.3 is 0 Å². The van der Waals surface area contributed by atoms with Crippen molar-refractivity contribution in [2.75, 3.05) is 5.32 Å². The van der Waals surface area contributed by atoms with E-state index in [2.05, 4.69) is 10.3 Å². The summed E-state index contributed by atoms with van der Waals surface area (Å²) in [6.07, 6.45) is 3.27. The second-order valence-corrected chi connectivity index (χ2v) is 6.57. The molecule has 2 N–H and O–H groups in total. The standard InChI is InChI=1S/C20H24N2O3/c1-13-7-12-17(14(2)21-13)20(24)22-15-8-10-16(11-9-15)25-19-6-4-3-5-18(19)23/h7-12,18-19,23H,3-6H2,1-2H3,(H,22,24). The van der Waals surface area contributed by atoms with Crippen molar-refractivity contribution in [1.29, 1.82) is 0 Å². The van der Waals surface area contributed by atoms with Crippen LogP contribution in [0, 0.1) is 13.8 Å². The molecule has 3 rings (SSSR count). The lowest BCUT2D eigenvalue weighted by molar-refractivity contribution is 0.00688. The Morgan fingerprint density at radius 1 is 1.12 bits per heavy atom. The molecule has 5 heteroatoms. The number of aliphatic hydroxyl groups is 1. The van der Waals surface area contributed by atoms with Gasteiger partial charge in [-0.15, -0.1) is 0 Å². The summed E-state index contributed by atoms with van der Waals surface area (Å²) in [6.45, 7) is 3.73. The third-order valence-corrected chi connectivity index (χ3v) is 4.54. The van der Waals surface area contributed by atoms with E-state index in [4.69, 9.17) is 4.74 Å². The molecule has 0 spiro atoms. The molecule has 132 valence electrons. The largest absolute Gasteiger partial charge is 0.488 e. The number of aromatic nitrogens is 1. The molecular formula is C20H24N2O3. The minimum Gasteiger partial charge on any atom is -0.488 e. The first-order valence-electron chi connectivity index (χ1n) is 8.73. The van der Waals surface area contributed by atoms with Gasteiger partial charge in [0.05, 0.1) is 17.4 Å². The number of ether oxygens (including phenoxy) is 1. The summed E-state index contributed by atoms with van der Waals surface area (Å²) in [5.41, 5.74) is 2.86. The van der Waals surface area contributed by atoms with Crippen LogP contribution in [-0.2, 0) is 0 Å². The first kappa shape index (κ1) is 17.4. The molecule has 5 nitrogen and oxygen atoms in total. The molecule has 1 amide bonds. The van der Waals surface area contributed by atoms with Gasteiger partial charge in [-0.2, -0.15) is 0 Å². The van der Waals surface area contributed by atoms with Crippen LogP contribution in [0.15, 0.2) is 36.4 Å².